The third-order valence-electron chi connectivity index (χ3n) is 2.98. The quantitative estimate of drug-likeness (QED) is 0.783. The molecule has 15 heavy (non-hydrogen) atoms. The maximum Gasteiger partial charge on any atom is 0.171 e. The minimum Gasteiger partial charge on any atom is -0.394 e. The van der Waals surface area contributed by atoms with E-state index in [0.717, 1.165) is 11.5 Å². The number of aromatic nitrogens is 2. The average molecular weight is 210 g/mol. The van der Waals surface area contributed by atoms with Crippen molar-refractivity contribution in [1.82, 2.24) is 9.78 Å². The summed E-state index contributed by atoms with van der Waals surface area (Å²) in [6.45, 7) is 6.62. The van der Waals surface area contributed by atoms with Gasteiger partial charge in [0.05, 0.1) is 5.69 Å². The second kappa shape index (κ2) is 5.05. The lowest BCUT2D eigenvalue weighted by molar-refractivity contribution is 0.437. The fraction of sp³-hybridized carbons (Fsp3) is 0.727. The number of hydrogen-bond acceptors (Lipinski definition) is 3. The molecule has 4 heteroatoms. The monoisotopic (exact) mass is 210 g/mol. The van der Waals surface area contributed by atoms with Gasteiger partial charge in [-0.15, -0.1) is 0 Å². The highest BCUT2D eigenvalue weighted by atomic mass is 15.3. The second-order valence-electron chi connectivity index (χ2n) is 4.12. The predicted molar refractivity (Wildman–Crippen MR) is 64.8 cm³/mol. The molecule has 0 aliphatic carbocycles. The Bertz CT molecular complexity index is 302. The molecule has 0 spiro atoms. The molecule has 1 aromatic rings. The summed E-state index contributed by atoms with van der Waals surface area (Å²) in [7, 11) is 1.88. The first-order chi connectivity index (χ1) is 7.08. The van der Waals surface area contributed by atoms with Crippen LogP contribution < -0.4 is 11.1 Å². The number of anilines is 2. The summed E-state index contributed by atoms with van der Waals surface area (Å²) >= 11 is 0. The molecule has 1 heterocycles. The topological polar surface area (TPSA) is 55.9 Å². The molecule has 0 amide bonds. The Morgan fingerprint density at radius 3 is 2.47 bits per heavy atom. The zero-order valence-electron chi connectivity index (χ0n) is 10.1. The number of aryl methyl sites for hydroxylation is 1. The van der Waals surface area contributed by atoms with Crippen LogP contribution in [0.15, 0.2) is 6.20 Å². The highest BCUT2D eigenvalue weighted by Crippen LogP contribution is 2.20. The fourth-order valence-electron chi connectivity index (χ4n) is 1.95. The van der Waals surface area contributed by atoms with Gasteiger partial charge in [0.15, 0.2) is 5.82 Å². The van der Waals surface area contributed by atoms with Crippen LogP contribution in [-0.2, 0) is 7.05 Å². The predicted octanol–water partition coefficient (Wildman–Crippen LogP) is 2.24. The van der Waals surface area contributed by atoms with Crippen LogP contribution in [0.25, 0.3) is 0 Å². The molecule has 0 bridgehead atoms. The summed E-state index contributed by atoms with van der Waals surface area (Å²) in [6.07, 6.45) is 4.18. The molecule has 0 saturated heterocycles. The van der Waals surface area contributed by atoms with E-state index in [1.807, 2.05) is 13.2 Å². The first-order valence-corrected chi connectivity index (χ1v) is 5.64. The maximum atomic E-state index is 5.83. The standard InChI is InChI=1S/C11H22N4/c1-5-9(6-2)8(3)13-11-10(12)7-15(4)14-11/h7-9H,5-6,12H2,1-4H3,(H,13,14). The molecular formula is C11H22N4. The van der Waals surface area contributed by atoms with Gasteiger partial charge in [0.2, 0.25) is 0 Å². The first-order valence-electron chi connectivity index (χ1n) is 5.64. The molecule has 0 saturated carbocycles. The van der Waals surface area contributed by atoms with Crippen LogP contribution in [0, 0.1) is 5.92 Å². The average Bonchev–Trinajstić information content (AvgIpc) is 2.47. The molecule has 86 valence electrons. The van der Waals surface area contributed by atoms with Gasteiger partial charge in [0.1, 0.15) is 0 Å². The Hall–Kier alpha value is -1.19. The molecule has 0 aliphatic heterocycles. The van der Waals surface area contributed by atoms with E-state index in [9.17, 15) is 0 Å². The highest BCUT2D eigenvalue weighted by Gasteiger charge is 2.15. The molecule has 1 rings (SSSR count). The van der Waals surface area contributed by atoms with Crippen molar-refractivity contribution >= 4 is 11.5 Å². The van der Waals surface area contributed by atoms with Gasteiger partial charge in [-0.2, -0.15) is 5.10 Å². The second-order valence-corrected chi connectivity index (χ2v) is 4.12. The number of nitrogens with one attached hydrogen (secondary N) is 1. The van der Waals surface area contributed by atoms with Crippen molar-refractivity contribution in [3.05, 3.63) is 6.20 Å². The molecule has 4 nitrogen and oxygen atoms in total. The number of nitrogens with two attached hydrogens (primary N) is 1. The number of hydrogen-bond donors (Lipinski definition) is 2. The Labute approximate surface area is 91.8 Å². The number of nitrogens with zero attached hydrogens (tertiary/aromatic N) is 2. The van der Waals surface area contributed by atoms with Crippen LogP contribution in [0.1, 0.15) is 33.6 Å². The van der Waals surface area contributed by atoms with Crippen LogP contribution >= 0.6 is 0 Å². The van der Waals surface area contributed by atoms with E-state index >= 15 is 0 Å². The van der Waals surface area contributed by atoms with E-state index in [1.165, 1.54) is 12.8 Å². The van der Waals surface area contributed by atoms with Crippen molar-refractivity contribution < 1.29 is 0 Å². The molecular weight excluding hydrogens is 188 g/mol. The van der Waals surface area contributed by atoms with E-state index in [2.05, 4.69) is 31.2 Å². The molecule has 1 unspecified atom stereocenters. The molecule has 0 radical (unpaired) electrons. The molecule has 0 aliphatic rings. The van der Waals surface area contributed by atoms with Crippen LogP contribution in [0.4, 0.5) is 11.5 Å². The Morgan fingerprint density at radius 2 is 2.07 bits per heavy atom. The number of nitrogen functional groups attached to an aromatic ring is 1. The zero-order valence-corrected chi connectivity index (χ0v) is 10.1. The maximum absolute atomic E-state index is 5.83. The SMILES string of the molecule is CCC(CC)C(C)Nc1nn(C)cc1N. The molecule has 1 atom stereocenters. The van der Waals surface area contributed by atoms with Gasteiger partial charge in [-0.3, -0.25) is 4.68 Å². The minimum atomic E-state index is 0.414. The van der Waals surface area contributed by atoms with Crippen LogP contribution in [0.5, 0.6) is 0 Å². The van der Waals surface area contributed by atoms with Crippen molar-refractivity contribution in [1.29, 1.82) is 0 Å². The Balaban J connectivity index is 2.64. The van der Waals surface area contributed by atoms with Gasteiger partial charge in [-0.05, 0) is 12.8 Å². The van der Waals surface area contributed by atoms with Gasteiger partial charge >= 0.3 is 0 Å². The van der Waals surface area contributed by atoms with Crippen molar-refractivity contribution in [2.24, 2.45) is 13.0 Å². The van der Waals surface area contributed by atoms with Gasteiger partial charge < -0.3 is 11.1 Å². The summed E-state index contributed by atoms with van der Waals surface area (Å²) in [5.74, 6) is 1.48. The fourth-order valence-corrected chi connectivity index (χ4v) is 1.95. The van der Waals surface area contributed by atoms with Crippen molar-refractivity contribution in [3.63, 3.8) is 0 Å². The van der Waals surface area contributed by atoms with E-state index in [0.29, 0.717) is 12.0 Å². The largest absolute Gasteiger partial charge is 0.394 e. The summed E-state index contributed by atoms with van der Waals surface area (Å²) in [5, 5.41) is 7.66. The number of rotatable bonds is 5. The van der Waals surface area contributed by atoms with E-state index in [1.54, 1.807) is 4.68 Å². The lowest BCUT2D eigenvalue weighted by atomic mass is 9.95. The summed E-state index contributed by atoms with van der Waals surface area (Å²) in [5.41, 5.74) is 6.54. The van der Waals surface area contributed by atoms with E-state index in [4.69, 9.17) is 5.73 Å². The van der Waals surface area contributed by atoms with Gasteiger partial charge in [-0.25, -0.2) is 0 Å². The Morgan fingerprint density at radius 1 is 1.47 bits per heavy atom. The summed E-state index contributed by atoms with van der Waals surface area (Å²) in [6, 6.07) is 0.414. The first kappa shape index (κ1) is 11.9. The van der Waals surface area contributed by atoms with Gasteiger partial charge in [0, 0.05) is 19.3 Å². The lowest BCUT2D eigenvalue weighted by Crippen LogP contribution is -2.25. The van der Waals surface area contributed by atoms with Crippen LogP contribution in [0.2, 0.25) is 0 Å². The van der Waals surface area contributed by atoms with Crippen molar-refractivity contribution in [2.45, 2.75) is 39.7 Å². The van der Waals surface area contributed by atoms with E-state index < -0.39 is 0 Å². The molecule has 0 fully saturated rings. The third-order valence-corrected chi connectivity index (χ3v) is 2.98. The minimum absolute atomic E-state index is 0.414. The van der Waals surface area contributed by atoms with Crippen molar-refractivity contribution in [3.8, 4) is 0 Å². The summed E-state index contributed by atoms with van der Waals surface area (Å²) in [4.78, 5) is 0. The summed E-state index contributed by atoms with van der Waals surface area (Å²) < 4.78 is 1.73. The molecule has 3 N–H and O–H groups in total. The van der Waals surface area contributed by atoms with Crippen molar-refractivity contribution in [2.75, 3.05) is 11.1 Å². The third kappa shape index (κ3) is 2.88. The van der Waals surface area contributed by atoms with Crippen LogP contribution in [-0.4, -0.2) is 15.8 Å². The van der Waals surface area contributed by atoms with Crippen LogP contribution in [0.3, 0.4) is 0 Å². The van der Waals surface area contributed by atoms with Gasteiger partial charge in [-0.1, -0.05) is 26.7 Å². The molecule has 0 aromatic carbocycles. The molecule has 1 aromatic heterocycles. The zero-order chi connectivity index (χ0) is 11.4. The smallest absolute Gasteiger partial charge is 0.171 e. The van der Waals surface area contributed by atoms with Gasteiger partial charge in [0.25, 0.3) is 0 Å². The highest BCUT2D eigenvalue weighted by molar-refractivity contribution is 5.60. The van der Waals surface area contributed by atoms with E-state index in [-0.39, 0.29) is 0 Å². The lowest BCUT2D eigenvalue weighted by Gasteiger charge is -2.22. The normalized spacial score (nSPS) is 13.1. The Kier molecular flexibility index (Phi) is 4.00.